The molecule has 0 fully saturated rings. The molecule has 5 nitrogen and oxygen atoms in total. The van der Waals surface area contributed by atoms with E-state index in [-0.39, 0.29) is 16.8 Å². The minimum Gasteiger partial charge on any atom is -0.370 e. The van der Waals surface area contributed by atoms with E-state index in [4.69, 9.17) is 10.00 Å². The van der Waals surface area contributed by atoms with Crippen LogP contribution in [0.25, 0.3) is 16.0 Å². The number of nitrogens with zero attached hydrogens (tertiary/aromatic N) is 3. The van der Waals surface area contributed by atoms with Crippen LogP contribution in [0.3, 0.4) is 0 Å². The first-order valence-electron chi connectivity index (χ1n) is 8.26. The quantitative estimate of drug-likeness (QED) is 0.642. The molecule has 0 unspecified atom stereocenters. The van der Waals surface area contributed by atoms with Crippen molar-refractivity contribution in [2.75, 3.05) is 5.75 Å². The summed E-state index contributed by atoms with van der Waals surface area (Å²) in [5.74, 6) is 0.283. The molecule has 1 aliphatic heterocycles. The smallest absolute Gasteiger partial charge is 0.211 e. The third kappa shape index (κ3) is 2.94. The van der Waals surface area contributed by atoms with Crippen LogP contribution in [-0.2, 0) is 17.8 Å². The maximum absolute atomic E-state index is 13.1. The first kappa shape index (κ1) is 17.3. The molecule has 1 aromatic carbocycles. The molecule has 0 aliphatic carbocycles. The number of fused-ring (bicyclic) bond motifs is 2. The van der Waals surface area contributed by atoms with Gasteiger partial charge in [0.15, 0.2) is 5.16 Å². The molecule has 26 heavy (non-hydrogen) atoms. The number of nitriles is 1. The van der Waals surface area contributed by atoms with Crippen molar-refractivity contribution < 1.29 is 4.74 Å². The number of hydrogen-bond acceptors (Lipinski definition) is 6. The Morgan fingerprint density at radius 3 is 2.88 bits per heavy atom. The van der Waals surface area contributed by atoms with Gasteiger partial charge in [-0.25, -0.2) is 4.98 Å². The molecular formula is C19H17N3O2S2. The molecule has 0 N–H and O–H groups in total. The SMILES string of the molecule is CC1(C)Cc2c(sc3c(nc(SCC#N)n3-c3ccccc3)c2=O)CO1. The van der Waals surface area contributed by atoms with Gasteiger partial charge in [-0.05, 0) is 26.0 Å². The lowest BCUT2D eigenvalue weighted by Crippen LogP contribution is -2.34. The number of rotatable bonds is 3. The van der Waals surface area contributed by atoms with Gasteiger partial charge < -0.3 is 4.74 Å². The van der Waals surface area contributed by atoms with E-state index < -0.39 is 0 Å². The van der Waals surface area contributed by atoms with Gasteiger partial charge in [-0.1, -0.05) is 30.0 Å². The van der Waals surface area contributed by atoms with E-state index in [0.717, 1.165) is 21.0 Å². The fraction of sp³-hybridized carbons (Fsp3) is 0.316. The normalized spacial score (nSPS) is 15.6. The lowest BCUT2D eigenvalue weighted by molar-refractivity contribution is -0.0386. The van der Waals surface area contributed by atoms with Crippen molar-refractivity contribution in [2.24, 2.45) is 0 Å². The summed E-state index contributed by atoms with van der Waals surface area (Å²) in [5.41, 5.74) is 1.87. The Morgan fingerprint density at radius 1 is 1.38 bits per heavy atom. The standard InChI is InChI=1S/C19H17N3O2S2/c1-19(2)10-13-14(11-24-19)26-17-15(16(13)23)21-18(25-9-8-20)22(17)12-6-4-3-5-7-12/h3-7H,9-11H2,1-2H3. The third-order valence-corrected chi connectivity index (χ3v) is 6.31. The molecule has 1 aliphatic rings. The van der Waals surface area contributed by atoms with Crippen LogP contribution in [0.5, 0.6) is 0 Å². The first-order valence-corrected chi connectivity index (χ1v) is 10.1. The van der Waals surface area contributed by atoms with Crippen molar-refractivity contribution in [3.63, 3.8) is 0 Å². The predicted octanol–water partition coefficient (Wildman–Crippen LogP) is 3.91. The molecule has 2 aromatic heterocycles. The highest BCUT2D eigenvalue weighted by molar-refractivity contribution is 7.99. The highest BCUT2D eigenvalue weighted by atomic mass is 32.2. The second-order valence-electron chi connectivity index (χ2n) is 6.72. The topological polar surface area (TPSA) is 67.9 Å². The Morgan fingerprint density at radius 2 is 2.15 bits per heavy atom. The molecule has 0 radical (unpaired) electrons. The van der Waals surface area contributed by atoms with Gasteiger partial charge in [0, 0.05) is 22.5 Å². The summed E-state index contributed by atoms with van der Waals surface area (Å²) in [5, 5.41) is 9.64. The van der Waals surface area contributed by atoms with E-state index in [2.05, 4.69) is 11.1 Å². The van der Waals surface area contributed by atoms with Gasteiger partial charge in [0.25, 0.3) is 0 Å². The number of imidazole rings is 1. The van der Waals surface area contributed by atoms with Gasteiger partial charge in [0.1, 0.15) is 10.3 Å². The van der Waals surface area contributed by atoms with Crippen molar-refractivity contribution >= 4 is 33.4 Å². The number of hydrogen-bond donors (Lipinski definition) is 0. The average Bonchev–Trinajstić information content (AvgIpc) is 3.00. The highest BCUT2D eigenvalue weighted by Crippen LogP contribution is 2.35. The maximum atomic E-state index is 13.1. The highest BCUT2D eigenvalue weighted by Gasteiger charge is 2.30. The Balaban J connectivity index is 1.99. The molecule has 7 heteroatoms. The summed E-state index contributed by atoms with van der Waals surface area (Å²) < 4.78 is 7.88. The van der Waals surface area contributed by atoms with Crippen LogP contribution >= 0.6 is 23.1 Å². The number of thioether (sulfide) groups is 1. The third-order valence-electron chi connectivity index (χ3n) is 4.33. The van der Waals surface area contributed by atoms with Gasteiger partial charge in [-0.2, -0.15) is 5.26 Å². The minimum absolute atomic E-state index is 0.0152. The van der Waals surface area contributed by atoms with Crippen LogP contribution in [0.2, 0.25) is 0 Å². The molecule has 3 aromatic rings. The second kappa shape index (κ2) is 6.54. The van der Waals surface area contributed by atoms with Crippen LogP contribution in [0, 0.1) is 11.3 Å². The number of aromatic nitrogens is 2. The largest absolute Gasteiger partial charge is 0.370 e. The van der Waals surface area contributed by atoms with Crippen LogP contribution in [-0.4, -0.2) is 20.9 Å². The van der Waals surface area contributed by atoms with Crippen molar-refractivity contribution in [3.8, 4) is 11.8 Å². The first-order chi connectivity index (χ1) is 12.5. The fourth-order valence-electron chi connectivity index (χ4n) is 3.11. The van der Waals surface area contributed by atoms with Crippen LogP contribution in [0.1, 0.15) is 24.3 Å². The fourth-order valence-corrected chi connectivity index (χ4v) is 5.00. The van der Waals surface area contributed by atoms with Crippen molar-refractivity contribution in [1.29, 1.82) is 5.26 Å². The monoisotopic (exact) mass is 383 g/mol. The molecule has 0 saturated heterocycles. The summed E-state index contributed by atoms with van der Waals surface area (Å²) in [7, 11) is 0. The van der Waals surface area contributed by atoms with Crippen molar-refractivity contribution in [2.45, 2.75) is 37.6 Å². The van der Waals surface area contributed by atoms with Crippen LogP contribution in [0.15, 0.2) is 40.3 Å². The summed E-state index contributed by atoms with van der Waals surface area (Å²) in [6.45, 7) is 4.45. The molecule has 0 atom stereocenters. The minimum atomic E-state index is -0.340. The molecule has 0 saturated carbocycles. The van der Waals surface area contributed by atoms with Crippen molar-refractivity contribution in [1.82, 2.24) is 9.55 Å². The summed E-state index contributed by atoms with van der Waals surface area (Å²) in [6.07, 6.45) is 0.590. The molecule has 3 heterocycles. The Bertz CT molecular complexity index is 1080. The predicted molar refractivity (Wildman–Crippen MR) is 104 cm³/mol. The van der Waals surface area contributed by atoms with E-state index in [0.29, 0.717) is 23.7 Å². The Kier molecular flexibility index (Phi) is 4.35. The molecule has 0 amide bonds. The van der Waals surface area contributed by atoms with E-state index in [1.165, 1.54) is 11.8 Å². The van der Waals surface area contributed by atoms with E-state index >= 15 is 0 Å². The average molecular weight is 383 g/mol. The zero-order valence-corrected chi connectivity index (χ0v) is 16.1. The maximum Gasteiger partial charge on any atom is 0.211 e. The summed E-state index contributed by atoms with van der Waals surface area (Å²) in [6, 6.07) is 11.9. The van der Waals surface area contributed by atoms with Gasteiger partial charge in [0.05, 0.1) is 24.0 Å². The zero-order chi connectivity index (χ0) is 18.3. The Labute approximate surface area is 159 Å². The van der Waals surface area contributed by atoms with Gasteiger partial charge in [-0.15, -0.1) is 11.3 Å². The lowest BCUT2D eigenvalue weighted by atomic mass is 9.95. The van der Waals surface area contributed by atoms with E-state index in [1.54, 1.807) is 11.3 Å². The van der Waals surface area contributed by atoms with E-state index in [9.17, 15) is 4.79 Å². The van der Waals surface area contributed by atoms with Crippen molar-refractivity contribution in [3.05, 3.63) is 51.0 Å². The lowest BCUT2D eigenvalue weighted by Gasteiger charge is -2.30. The number of benzene rings is 1. The van der Waals surface area contributed by atoms with Gasteiger partial charge in [-0.3, -0.25) is 9.36 Å². The summed E-state index contributed by atoms with van der Waals surface area (Å²) >= 11 is 2.91. The zero-order valence-electron chi connectivity index (χ0n) is 14.5. The molecule has 132 valence electrons. The molecule has 4 rings (SSSR count). The van der Waals surface area contributed by atoms with Gasteiger partial charge >= 0.3 is 0 Å². The van der Waals surface area contributed by atoms with E-state index in [1.807, 2.05) is 48.7 Å². The summed E-state index contributed by atoms with van der Waals surface area (Å²) in [4.78, 5) is 19.5. The second-order valence-corrected chi connectivity index (χ2v) is 8.75. The number of para-hydroxylation sites is 1. The van der Waals surface area contributed by atoms with Gasteiger partial charge in [0.2, 0.25) is 5.43 Å². The van der Waals surface area contributed by atoms with Crippen LogP contribution in [0.4, 0.5) is 0 Å². The molecule has 0 bridgehead atoms. The number of ether oxygens (including phenoxy) is 1. The molecule has 0 spiro atoms. The Hall–Kier alpha value is -2.14. The molecular weight excluding hydrogens is 366 g/mol. The van der Waals surface area contributed by atoms with Crippen LogP contribution < -0.4 is 5.43 Å².